The second kappa shape index (κ2) is 6.28. The Morgan fingerprint density at radius 3 is 2.45 bits per heavy atom. The number of para-hydroxylation sites is 1. The lowest BCUT2D eigenvalue weighted by Crippen LogP contribution is -2.14. The molecule has 2 rings (SSSR count). The van der Waals surface area contributed by atoms with Gasteiger partial charge in [-0.3, -0.25) is 4.72 Å². The lowest BCUT2D eigenvalue weighted by molar-refractivity contribution is 0.512. The number of benzene rings is 2. The predicted molar refractivity (Wildman–Crippen MR) is 84.1 cm³/mol. The molecule has 0 spiro atoms. The van der Waals surface area contributed by atoms with Crippen LogP contribution in [0.25, 0.3) is 10.7 Å². The Kier molecular flexibility index (Phi) is 4.44. The van der Waals surface area contributed by atoms with Crippen LogP contribution < -0.4 is 4.72 Å². The van der Waals surface area contributed by atoms with Gasteiger partial charge >= 0.3 is 6.20 Å². The highest BCUT2D eigenvalue weighted by Gasteiger charge is 2.18. The fourth-order valence-corrected chi connectivity index (χ4v) is 2.92. The fraction of sp³-hybridized carbons (Fsp3) is 0.0667. The lowest BCUT2D eigenvalue weighted by atomic mass is 10.1. The molecule has 0 amide bonds. The van der Waals surface area contributed by atoms with Crippen molar-refractivity contribution < 1.29 is 13.5 Å². The van der Waals surface area contributed by atoms with Gasteiger partial charge in [0.25, 0.3) is 10.0 Å². The summed E-state index contributed by atoms with van der Waals surface area (Å²) in [5, 5.41) is 18.3. The standard InChI is InChI=1S/C15H13N3O3S/c1-11-6-8-12(9-7-11)22(20,21)18-14-5-3-2-4-13(14)15(19)10-17-16/h2-10,18H,1H3/p+1/b15-10-. The van der Waals surface area contributed by atoms with E-state index in [9.17, 15) is 13.5 Å². The number of rotatable bonds is 4. The highest BCUT2D eigenvalue weighted by Crippen LogP contribution is 2.25. The molecule has 0 aromatic heterocycles. The number of sulfonamides is 1. The lowest BCUT2D eigenvalue weighted by Gasteiger charge is -2.11. The summed E-state index contributed by atoms with van der Waals surface area (Å²) in [5.74, 6) is -0.357. The summed E-state index contributed by atoms with van der Waals surface area (Å²) in [6, 6.07) is 12.6. The van der Waals surface area contributed by atoms with Crippen molar-refractivity contribution in [1.29, 1.82) is 5.39 Å². The van der Waals surface area contributed by atoms with E-state index in [0.717, 1.165) is 11.8 Å². The number of diazo groups is 1. The van der Waals surface area contributed by atoms with E-state index >= 15 is 0 Å². The molecule has 0 fully saturated rings. The summed E-state index contributed by atoms with van der Waals surface area (Å²) < 4.78 is 27.1. The largest absolute Gasteiger partial charge is 0.501 e. The van der Waals surface area contributed by atoms with Crippen molar-refractivity contribution in [2.45, 2.75) is 11.8 Å². The molecule has 0 saturated heterocycles. The second-order valence-electron chi connectivity index (χ2n) is 4.59. The maximum Gasteiger partial charge on any atom is 0.392 e. The summed E-state index contributed by atoms with van der Waals surface area (Å²) in [6.45, 7) is 1.86. The molecule has 7 heteroatoms. The van der Waals surface area contributed by atoms with Gasteiger partial charge in [0.2, 0.25) is 11.2 Å². The van der Waals surface area contributed by atoms with Crippen molar-refractivity contribution in [3.05, 3.63) is 70.8 Å². The molecule has 0 aliphatic rings. The summed E-state index contributed by atoms with van der Waals surface area (Å²) in [6.07, 6.45) is 0.818. The molecule has 0 radical (unpaired) electrons. The van der Waals surface area contributed by atoms with E-state index in [0.29, 0.717) is 0 Å². The second-order valence-corrected chi connectivity index (χ2v) is 6.28. The smallest absolute Gasteiger partial charge is 0.392 e. The van der Waals surface area contributed by atoms with E-state index < -0.39 is 10.0 Å². The minimum Gasteiger partial charge on any atom is -0.501 e. The van der Waals surface area contributed by atoms with E-state index in [1.807, 2.05) is 6.92 Å². The molecule has 2 N–H and O–H groups in total. The molecule has 6 nitrogen and oxygen atoms in total. The number of aliphatic hydroxyl groups excluding tert-OH is 1. The quantitative estimate of drug-likeness (QED) is 0.666. The van der Waals surface area contributed by atoms with Gasteiger partial charge in [-0.1, -0.05) is 29.8 Å². The Balaban J connectivity index is 2.41. The molecule has 22 heavy (non-hydrogen) atoms. The third-order valence-electron chi connectivity index (χ3n) is 2.96. The van der Waals surface area contributed by atoms with E-state index in [-0.39, 0.29) is 21.9 Å². The number of anilines is 1. The van der Waals surface area contributed by atoms with Gasteiger partial charge in [0.15, 0.2) is 4.98 Å². The number of hydrogen-bond donors (Lipinski definition) is 2. The summed E-state index contributed by atoms with van der Waals surface area (Å²) in [4.78, 5) is 2.84. The van der Waals surface area contributed by atoms with Gasteiger partial charge in [-0.25, -0.2) is 8.42 Å². The number of hydrogen-bond acceptors (Lipinski definition) is 4. The third kappa shape index (κ3) is 3.42. The SMILES string of the molecule is Cc1ccc(S(=O)(=O)Nc2ccccc2/C(O)=C/[N+]#N)cc1. The average Bonchev–Trinajstić information content (AvgIpc) is 2.48. The molecular formula is C15H14N3O3S+. The van der Waals surface area contributed by atoms with Crippen molar-refractivity contribution in [1.82, 2.24) is 0 Å². The predicted octanol–water partition coefficient (Wildman–Crippen LogP) is 3.51. The zero-order chi connectivity index (χ0) is 16.2. The number of nitrogens with zero attached hydrogens (tertiary/aromatic N) is 2. The van der Waals surface area contributed by atoms with Crippen LogP contribution in [0.3, 0.4) is 0 Å². The minimum absolute atomic E-state index is 0.114. The topological polar surface area (TPSA) is 94.6 Å². The van der Waals surface area contributed by atoms with Gasteiger partial charge in [-0.2, -0.15) is 0 Å². The van der Waals surface area contributed by atoms with E-state index in [4.69, 9.17) is 5.39 Å². The first-order valence-electron chi connectivity index (χ1n) is 6.36. The Morgan fingerprint density at radius 1 is 1.18 bits per heavy atom. The Bertz CT molecular complexity index is 850. The number of nitrogens with one attached hydrogen (secondary N) is 1. The normalized spacial score (nSPS) is 11.7. The van der Waals surface area contributed by atoms with Gasteiger partial charge in [0.1, 0.15) is 0 Å². The Labute approximate surface area is 128 Å². The van der Waals surface area contributed by atoms with Crippen molar-refractivity contribution in [3.8, 4) is 0 Å². The maximum absolute atomic E-state index is 12.4. The molecule has 0 unspecified atom stereocenters. The van der Waals surface area contributed by atoms with E-state index in [2.05, 4.69) is 9.70 Å². The first-order chi connectivity index (χ1) is 10.4. The van der Waals surface area contributed by atoms with Gasteiger partial charge in [0.05, 0.1) is 10.6 Å². The molecule has 0 aliphatic heterocycles. The molecule has 0 saturated carbocycles. The zero-order valence-electron chi connectivity index (χ0n) is 11.8. The fourth-order valence-electron chi connectivity index (χ4n) is 1.84. The summed E-state index contributed by atoms with van der Waals surface area (Å²) in [5.41, 5.74) is 1.33. The number of aryl methyl sites for hydroxylation is 1. The first-order valence-corrected chi connectivity index (χ1v) is 7.84. The van der Waals surface area contributed by atoms with Crippen molar-refractivity contribution in [3.63, 3.8) is 0 Å². The van der Waals surface area contributed by atoms with Gasteiger partial charge in [0, 0.05) is 5.56 Å². The highest BCUT2D eigenvalue weighted by atomic mass is 32.2. The first kappa shape index (κ1) is 15.5. The summed E-state index contributed by atoms with van der Waals surface area (Å²) >= 11 is 0. The molecule has 0 atom stereocenters. The monoisotopic (exact) mass is 316 g/mol. The minimum atomic E-state index is -3.78. The molecular weight excluding hydrogens is 302 g/mol. The molecule has 2 aromatic rings. The Morgan fingerprint density at radius 2 is 1.82 bits per heavy atom. The summed E-state index contributed by atoms with van der Waals surface area (Å²) in [7, 11) is -3.78. The van der Waals surface area contributed by atoms with Crippen LogP contribution in [0.5, 0.6) is 0 Å². The van der Waals surface area contributed by atoms with Crippen molar-refractivity contribution >= 4 is 21.5 Å². The molecule has 112 valence electrons. The van der Waals surface area contributed by atoms with Gasteiger partial charge in [-0.15, -0.1) is 0 Å². The van der Waals surface area contributed by atoms with Crippen LogP contribution >= 0.6 is 0 Å². The maximum atomic E-state index is 12.4. The Hall–Kier alpha value is -2.85. The number of aliphatic hydroxyl groups is 1. The van der Waals surface area contributed by atoms with Crippen LogP contribution in [0.1, 0.15) is 11.1 Å². The third-order valence-corrected chi connectivity index (χ3v) is 4.34. The van der Waals surface area contributed by atoms with Crippen LogP contribution in [-0.2, 0) is 10.0 Å². The van der Waals surface area contributed by atoms with Gasteiger partial charge < -0.3 is 5.11 Å². The molecule has 2 aromatic carbocycles. The van der Waals surface area contributed by atoms with E-state index in [1.165, 1.54) is 24.3 Å². The average molecular weight is 316 g/mol. The van der Waals surface area contributed by atoms with Crippen LogP contribution in [0, 0.1) is 12.3 Å². The zero-order valence-corrected chi connectivity index (χ0v) is 12.6. The molecule has 0 aliphatic carbocycles. The van der Waals surface area contributed by atoms with Crippen LogP contribution in [-0.4, -0.2) is 13.5 Å². The molecule has 0 heterocycles. The van der Waals surface area contributed by atoms with Crippen molar-refractivity contribution in [2.75, 3.05) is 4.72 Å². The van der Waals surface area contributed by atoms with Gasteiger partial charge in [-0.05, 0) is 31.2 Å². The molecule has 0 bridgehead atoms. The van der Waals surface area contributed by atoms with Crippen LogP contribution in [0.4, 0.5) is 5.69 Å². The van der Waals surface area contributed by atoms with Crippen molar-refractivity contribution in [2.24, 2.45) is 0 Å². The van der Waals surface area contributed by atoms with E-state index in [1.54, 1.807) is 24.3 Å². The highest BCUT2D eigenvalue weighted by molar-refractivity contribution is 7.92. The van der Waals surface area contributed by atoms with Crippen LogP contribution in [0.2, 0.25) is 0 Å². The van der Waals surface area contributed by atoms with Crippen LogP contribution in [0.15, 0.2) is 59.6 Å².